The van der Waals surface area contributed by atoms with Crippen molar-refractivity contribution in [2.75, 3.05) is 18.4 Å². The van der Waals surface area contributed by atoms with Crippen LogP contribution in [0.4, 0.5) is 5.69 Å². The van der Waals surface area contributed by atoms with Crippen LogP contribution < -0.4 is 10.6 Å². The summed E-state index contributed by atoms with van der Waals surface area (Å²) in [4.78, 5) is -0.177. The molecule has 1 aromatic rings. The fourth-order valence-electron chi connectivity index (χ4n) is 3.46. The maximum atomic E-state index is 11.2. The van der Waals surface area contributed by atoms with E-state index in [0.29, 0.717) is 17.9 Å². The van der Waals surface area contributed by atoms with Gasteiger partial charge in [0.2, 0.25) is 0 Å². The lowest BCUT2D eigenvalue weighted by molar-refractivity contribution is 0.149. The first-order chi connectivity index (χ1) is 10.4. The molecule has 7 heteroatoms. The van der Waals surface area contributed by atoms with Crippen LogP contribution in [0, 0.1) is 5.92 Å². The van der Waals surface area contributed by atoms with Crippen LogP contribution in [0.1, 0.15) is 37.4 Å². The molecule has 1 saturated heterocycles. The van der Waals surface area contributed by atoms with Crippen molar-refractivity contribution >= 4 is 15.8 Å². The van der Waals surface area contributed by atoms with Gasteiger partial charge in [0.15, 0.2) is 0 Å². The summed E-state index contributed by atoms with van der Waals surface area (Å²) in [6.07, 6.45) is 3.18. The van der Waals surface area contributed by atoms with Crippen molar-refractivity contribution in [2.24, 2.45) is 5.92 Å². The molecule has 0 aromatic heterocycles. The fourth-order valence-corrected chi connectivity index (χ4v) is 3.97. The lowest BCUT2D eigenvalue weighted by Crippen LogP contribution is -2.34. The van der Waals surface area contributed by atoms with Gasteiger partial charge in [-0.3, -0.25) is 4.55 Å². The maximum Gasteiger partial charge on any atom is 0.294 e. The van der Waals surface area contributed by atoms with Crippen LogP contribution in [0.3, 0.4) is 0 Å². The molecule has 2 heterocycles. The van der Waals surface area contributed by atoms with Gasteiger partial charge in [0, 0.05) is 17.3 Å². The van der Waals surface area contributed by atoms with E-state index in [2.05, 4.69) is 10.6 Å². The third-order valence-corrected chi connectivity index (χ3v) is 5.47. The van der Waals surface area contributed by atoms with E-state index in [9.17, 15) is 13.5 Å². The van der Waals surface area contributed by atoms with Crippen LogP contribution in [-0.4, -0.2) is 37.2 Å². The number of fused-ring (bicyclic) bond motifs is 1. The van der Waals surface area contributed by atoms with E-state index in [0.717, 1.165) is 38.0 Å². The van der Waals surface area contributed by atoms with Crippen molar-refractivity contribution in [3.63, 3.8) is 0 Å². The molecule has 2 aliphatic heterocycles. The van der Waals surface area contributed by atoms with E-state index in [1.807, 2.05) is 0 Å². The number of anilines is 1. The van der Waals surface area contributed by atoms with E-state index >= 15 is 0 Å². The zero-order valence-electron chi connectivity index (χ0n) is 12.3. The van der Waals surface area contributed by atoms with Crippen LogP contribution >= 0.6 is 0 Å². The van der Waals surface area contributed by atoms with E-state index in [4.69, 9.17) is 4.55 Å². The normalized spacial score (nSPS) is 26.3. The lowest BCUT2D eigenvalue weighted by Gasteiger charge is -2.34. The number of hydrogen-bond acceptors (Lipinski definition) is 5. The number of aliphatic hydroxyl groups excluding tert-OH is 1. The summed E-state index contributed by atoms with van der Waals surface area (Å²) < 4.78 is 31.5. The number of piperidine rings is 1. The quantitative estimate of drug-likeness (QED) is 0.629. The molecule has 2 aliphatic rings. The Bertz CT molecular complexity index is 641. The van der Waals surface area contributed by atoms with Crippen molar-refractivity contribution in [1.82, 2.24) is 5.32 Å². The van der Waals surface area contributed by atoms with Crippen molar-refractivity contribution in [3.8, 4) is 0 Å². The van der Waals surface area contributed by atoms with Gasteiger partial charge in [-0.15, -0.1) is 0 Å². The minimum atomic E-state index is -4.24. The molecule has 0 bridgehead atoms. The Balaban J connectivity index is 1.75. The Morgan fingerprint density at radius 2 is 1.95 bits per heavy atom. The minimum Gasteiger partial charge on any atom is -0.388 e. The van der Waals surface area contributed by atoms with Crippen molar-refractivity contribution < 1.29 is 18.1 Å². The van der Waals surface area contributed by atoms with Crippen LogP contribution in [0.25, 0.3) is 0 Å². The Hall–Kier alpha value is -1.15. The molecule has 3 rings (SSSR count). The largest absolute Gasteiger partial charge is 0.388 e. The molecular weight excluding hydrogens is 304 g/mol. The molecule has 1 fully saturated rings. The second kappa shape index (κ2) is 6.16. The van der Waals surface area contributed by atoms with Crippen molar-refractivity contribution in [3.05, 3.63) is 23.8 Å². The fraction of sp³-hybridized carbons (Fsp3) is 0.600. The average molecular weight is 326 g/mol. The van der Waals surface area contributed by atoms with Gasteiger partial charge >= 0.3 is 0 Å². The van der Waals surface area contributed by atoms with Crippen LogP contribution in [-0.2, 0) is 10.1 Å². The highest BCUT2D eigenvalue weighted by atomic mass is 32.2. The van der Waals surface area contributed by atoms with Crippen molar-refractivity contribution in [2.45, 2.75) is 42.7 Å². The lowest BCUT2D eigenvalue weighted by atomic mass is 9.86. The predicted molar refractivity (Wildman–Crippen MR) is 83.5 cm³/mol. The molecule has 2 atom stereocenters. The highest BCUT2D eigenvalue weighted by molar-refractivity contribution is 7.85. The zero-order chi connectivity index (χ0) is 15.7. The molecule has 22 heavy (non-hydrogen) atoms. The Morgan fingerprint density at radius 3 is 2.64 bits per heavy atom. The molecule has 0 aliphatic carbocycles. The standard InChI is InChI=1S/C15H22N2O4S/c18-15-8-11(7-10-3-5-16-6-4-10)17-14-2-1-12(9-13(14)15)22(19,20)21/h1-2,9-11,15-18H,3-8H2,(H,19,20,21). The van der Waals surface area contributed by atoms with Gasteiger partial charge in [-0.2, -0.15) is 8.42 Å². The summed E-state index contributed by atoms with van der Waals surface area (Å²) in [5.41, 5.74) is 1.29. The van der Waals surface area contributed by atoms with Crippen LogP contribution in [0.2, 0.25) is 0 Å². The minimum absolute atomic E-state index is 0.177. The maximum absolute atomic E-state index is 11.2. The van der Waals surface area contributed by atoms with Gasteiger partial charge < -0.3 is 15.7 Å². The molecule has 2 unspecified atom stereocenters. The van der Waals surface area contributed by atoms with Gasteiger partial charge in [-0.1, -0.05) is 0 Å². The smallest absolute Gasteiger partial charge is 0.294 e. The summed E-state index contributed by atoms with van der Waals surface area (Å²) >= 11 is 0. The van der Waals surface area contributed by atoms with E-state index in [1.54, 1.807) is 6.07 Å². The first-order valence-electron chi connectivity index (χ1n) is 7.70. The molecule has 0 spiro atoms. The summed E-state index contributed by atoms with van der Waals surface area (Å²) in [5, 5.41) is 17.1. The molecule has 1 aromatic carbocycles. The topological polar surface area (TPSA) is 98.7 Å². The van der Waals surface area contributed by atoms with E-state index in [-0.39, 0.29) is 10.9 Å². The van der Waals surface area contributed by atoms with Crippen molar-refractivity contribution in [1.29, 1.82) is 0 Å². The highest BCUT2D eigenvalue weighted by Gasteiger charge is 2.28. The van der Waals surface area contributed by atoms with Crippen LogP contribution in [0.5, 0.6) is 0 Å². The number of aliphatic hydroxyl groups is 1. The predicted octanol–water partition coefficient (Wildman–Crippen LogP) is 1.54. The molecule has 122 valence electrons. The van der Waals surface area contributed by atoms with E-state index < -0.39 is 16.2 Å². The highest BCUT2D eigenvalue weighted by Crippen LogP contribution is 2.36. The summed E-state index contributed by atoms with van der Waals surface area (Å²) in [6.45, 7) is 2.10. The number of benzene rings is 1. The van der Waals surface area contributed by atoms with Gasteiger partial charge in [0.05, 0.1) is 11.0 Å². The average Bonchev–Trinajstić information content (AvgIpc) is 2.47. The van der Waals surface area contributed by atoms with Crippen LogP contribution in [0.15, 0.2) is 23.1 Å². The molecular formula is C15H22N2O4S. The Labute approximate surface area is 130 Å². The zero-order valence-corrected chi connectivity index (χ0v) is 13.1. The second-order valence-electron chi connectivity index (χ2n) is 6.25. The van der Waals surface area contributed by atoms with E-state index in [1.165, 1.54) is 12.1 Å². The third kappa shape index (κ3) is 3.43. The number of nitrogens with one attached hydrogen (secondary N) is 2. The molecule has 4 N–H and O–H groups in total. The first kappa shape index (κ1) is 15.7. The first-order valence-corrected chi connectivity index (χ1v) is 9.14. The second-order valence-corrected chi connectivity index (χ2v) is 7.67. The SMILES string of the molecule is O=S(=O)(O)c1ccc2c(c1)C(O)CC(CC1CCNCC1)N2. The van der Waals surface area contributed by atoms with Gasteiger partial charge in [-0.05, 0) is 62.9 Å². The Kier molecular flexibility index (Phi) is 4.40. The Morgan fingerprint density at radius 1 is 1.23 bits per heavy atom. The summed E-state index contributed by atoms with van der Waals surface area (Å²) in [5.74, 6) is 0.657. The number of hydrogen-bond donors (Lipinski definition) is 4. The monoisotopic (exact) mass is 326 g/mol. The van der Waals surface area contributed by atoms with Gasteiger partial charge in [0.25, 0.3) is 10.1 Å². The number of rotatable bonds is 3. The van der Waals surface area contributed by atoms with Gasteiger partial charge in [0.1, 0.15) is 0 Å². The molecule has 0 amide bonds. The third-order valence-electron chi connectivity index (χ3n) is 4.62. The molecule has 0 saturated carbocycles. The van der Waals surface area contributed by atoms with Gasteiger partial charge in [-0.25, -0.2) is 0 Å². The summed E-state index contributed by atoms with van der Waals surface area (Å²) in [7, 11) is -4.24. The summed E-state index contributed by atoms with van der Waals surface area (Å²) in [6, 6.07) is 4.53. The molecule has 6 nitrogen and oxygen atoms in total. The molecule has 0 radical (unpaired) electrons.